The van der Waals surface area contributed by atoms with Gasteiger partial charge in [-0.3, -0.25) is 14.5 Å². The fourth-order valence-corrected chi connectivity index (χ4v) is 5.34. The first-order chi connectivity index (χ1) is 16.2. The van der Waals surface area contributed by atoms with Crippen molar-refractivity contribution in [1.82, 2.24) is 4.98 Å². The predicted molar refractivity (Wildman–Crippen MR) is 131 cm³/mol. The third-order valence-corrected chi connectivity index (χ3v) is 7.03. The van der Waals surface area contributed by atoms with E-state index in [9.17, 15) is 19.1 Å². The Morgan fingerprint density at radius 1 is 0.971 bits per heavy atom. The Morgan fingerprint density at radius 3 is 2.38 bits per heavy atom. The molecule has 1 aliphatic rings. The van der Waals surface area contributed by atoms with E-state index in [4.69, 9.17) is 0 Å². The largest absolute Gasteiger partial charge is 0.507 e. The average molecular weight is 473 g/mol. The maximum Gasteiger partial charge on any atom is 0.301 e. The first-order valence-electron chi connectivity index (χ1n) is 10.8. The number of thiazole rings is 1. The van der Waals surface area contributed by atoms with Crippen LogP contribution in [0, 0.1) is 26.6 Å². The second-order valence-electron chi connectivity index (χ2n) is 8.51. The summed E-state index contributed by atoms with van der Waals surface area (Å²) in [6.45, 7) is 5.68. The minimum atomic E-state index is -0.942. The summed E-state index contributed by atoms with van der Waals surface area (Å²) in [7, 11) is 0. The lowest BCUT2D eigenvalue weighted by Crippen LogP contribution is -2.29. The highest BCUT2D eigenvalue weighted by Gasteiger charge is 2.48. The van der Waals surface area contributed by atoms with E-state index in [1.165, 1.54) is 40.5 Å². The summed E-state index contributed by atoms with van der Waals surface area (Å²) in [6, 6.07) is 15.9. The number of aliphatic hydroxyl groups is 1. The second kappa shape index (κ2) is 8.18. The SMILES string of the molecule is Cc1ccc(C)c(C(O)=C2C(=O)C(=O)N(c3nc4ccc(C)cc4s3)C2c2ccc(F)cc2)c1. The lowest BCUT2D eigenvalue weighted by atomic mass is 9.93. The standard InChI is InChI=1S/C27H21FN2O3S/c1-14-4-6-16(3)19(12-14)24(31)22-23(17-7-9-18(28)10-8-17)30(26(33)25(22)32)27-29-20-11-5-15(2)13-21(20)34-27/h4-13,23,31H,1-3H3. The number of hydrogen-bond donors (Lipinski definition) is 1. The highest BCUT2D eigenvalue weighted by Crippen LogP contribution is 2.44. The maximum atomic E-state index is 13.7. The molecule has 170 valence electrons. The zero-order valence-corrected chi connectivity index (χ0v) is 19.6. The van der Waals surface area contributed by atoms with Crippen molar-refractivity contribution in [3.05, 3.63) is 99.9 Å². The van der Waals surface area contributed by atoms with Gasteiger partial charge in [0, 0.05) is 5.56 Å². The molecule has 0 aliphatic carbocycles. The Bertz CT molecular complexity index is 1500. The van der Waals surface area contributed by atoms with Gasteiger partial charge in [0.1, 0.15) is 11.6 Å². The summed E-state index contributed by atoms with van der Waals surface area (Å²) in [6.07, 6.45) is 0. The van der Waals surface area contributed by atoms with Gasteiger partial charge in [-0.2, -0.15) is 0 Å². The molecule has 1 aromatic heterocycles. The van der Waals surface area contributed by atoms with E-state index in [-0.39, 0.29) is 11.3 Å². The summed E-state index contributed by atoms with van der Waals surface area (Å²) in [5, 5.41) is 11.7. The van der Waals surface area contributed by atoms with Crippen LogP contribution in [0.15, 0.2) is 66.2 Å². The molecule has 34 heavy (non-hydrogen) atoms. The third-order valence-electron chi connectivity index (χ3n) is 6.02. The quantitative estimate of drug-likeness (QED) is 0.226. The molecule has 1 atom stereocenters. The van der Waals surface area contributed by atoms with Gasteiger partial charge in [0.15, 0.2) is 5.13 Å². The van der Waals surface area contributed by atoms with Crippen molar-refractivity contribution in [1.29, 1.82) is 0 Å². The van der Waals surface area contributed by atoms with Gasteiger partial charge in [-0.1, -0.05) is 47.2 Å². The van der Waals surface area contributed by atoms with Crippen LogP contribution in [-0.2, 0) is 9.59 Å². The van der Waals surface area contributed by atoms with E-state index in [1.54, 1.807) is 6.07 Å². The molecule has 1 fully saturated rings. The lowest BCUT2D eigenvalue weighted by Gasteiger charge is -2.23. The Kier molecular flexibility index (Phi) is 5.29. The minimum Gasteiger partial charge on any atom is -0.507 e. The van der Waals surface area contributed by atoms with Gasteiger partial charge >= 0.3 is 5.91 Å². The first kappa shape index (κ1) is 22.0. The molecular weight excluding hydrogens is 451 g/mol. The second-order valence-corrected chi connectivity index (χ2v) is 9.52. The molecule has 1 amide bonds. The molecule has 2 heterocycles. The molecule has 1 saturated heterocycles. The predicted octanol–water partition coefficient (Wildman–Crippen LogP) is 5.99. The van der Waals surface area contributed by atoms with Gasteiger partial charge in [-0.05, 0) is 67.8 Å². The Balaban J connectivity index is 1.76. The number of nitrogens with zero attached hydrogens (tertiary/aromatic N) is 2. The number of ketones is 1. The molecule has 5 nitrogen and oxygen atoms in total. The van der Waals surface area contributed by atoms with E-state index in [0.717, 1.165) is 21.4 Å². The molecule has 1 unspecified atom stereocenters. The number of benzene rings is 3. The number of carbonyl (C=O) groups excluding carboxylic acids is 2. The number of halogens is 1. The molecule has 3 aromatic carbocycles. The summed E-state index contributed by atoms with van der Waals surface area (Å²) in [5.41, 5.74) is 4.37. The van der Waals surface area contributed by atoms with Crippen LogP contribution in [0.1, 0.15) is 33.9 Å². The van der Waals surface area contributed by atoms with Gasteiger partial charge in [0.05, 0.1) is 21.8 Å². The molecule has 5 rings (SSSR count). The third kappa shape index (κ3) is 3.58. The van der Waals surface area contributed by atoms with Crippen LogP contribution < -0.4 is 4.90 Å². The molecule has 0 radical (unpaired) electrons. The first-order valence-corrected chi connectivity index (χ1v) is 11.6. The number of aromatic nitrogens is 1. The topological polar surface area (TPSA) is 70.5 Å². The monoisotopic (exact) mass is 472 g/mol. The van der Waals surface area contributed by atoms with Crippen LogP contribution in [0.2, 0.25) is 0 Å². The van der Waals surface area contributed by atoms with Crippen molar-refractivity contribution >= 4 is 44.1 Å². The van der Waals surface area contributed by atoms with Crippen LogP contribution in [0.5, 0.6) is 0 Å². The number of anilines is 1. The van der Waals surface area contributed by atoms with Crippen LogP contribution >= 0.6 is 11.3 Å². The van der Waals surface area contributed by atoms with Gasteiger partial charge < -0.3 is 5.11 Å². The van der Waals surface area contributed by atoms with Gasteiger partial charge in [-0.25, -0.2) is 9.37 Å². The number of hydrogen-bond acceptors (Lipinski definition) is 5. The van der Waals surface area contributed by atoms with Gasteiger partial charge in [0.25, 0.3) is 5.78 Å². The summed E-state index contributed by atoms with van der Waals surface area (Å²) in [5.74, 6) is -2.28. The zero-order chi connectivity index (χ0) is 24.1. The number of rotatable bonds is 3. The smallest absolute Gasteiger partial charge is 0.301 e. The van der Waals surface area contributed by atoms with Gasteiger partial charge in [0.2, 0.25) is 0 Å². The Hall–Kier alpha value is -3.84. The van der Waals surface area contributed by atoms with Crippen LogP contribution in [-0.4, -0.2) is 21.8 Å². The summed E-state index contributed by atoms with van der Waals surface area (Å²) < 4.78 is 14.6. The van der Waals surface area contributed by atoms with Crippen LogP contribution in [0.3, 0.4) is 0 Å². The fourth-order valence-electron chi connectivity index (χ4n) is 4.25. The summed E-state index contributed by atoms with van der Waals surface area (Å²) in [4.78, 5) is 32.6. The molecule has 1 N–H and O–H groups in total. The lowest BCUT2D eigenvalue weighted by molar-refractivity contribution is -0.132. The van der Waals surface area contributed by atoms with Crippen molar-refractivity contribution in [2.75, 3.05) is 4.90 Å². The summed E-state index contributed by atoms with van der Waals surface area (Å²) >= 11 is 1.29. The molecule has 0 saturated carbocycles. The van der Waals surface area contributed by atoms with Crippen molar-refractivity contribution in [3.8, 4) is 0 Å². The number of aliphatic hydroxyl groups excluding tert-OH is 1. The highest BCUT2D eigenvalue weighted by atomic mass is 32.1. The van der Waals surface area contributed by atoms with E-state index in [1.807, 2.05) is 51.1 Å². The van der Waals surface area contributed by atoms with E-state index >= 15 is 0 Å². The fraction of sp³-hybridized carbons (Fsp3) is 0.148. The number of fused-ring (bicyclic) bond motifs is 1. The van der Waals surface area contributed by atoms with Crippen molar-refractivity contribution in [2.45, 2.75) is 26.8 Å². The molecule has 1 aliphatic heterocycles. The van der Waals surface area contributed by atoms with E-state index in [2.05, 4.69) is 4.98 Å². The highest BCUT2D eigenvalue weighted by molar-refractivity contribution is 7.22. The molecular formula is C27H21FN2O3S. The molecule has 7 heteroatoms. The van der Waals surface area contributed by atoms with Crippen LogP contribution in [0.4, 0.5) is 9.52 Å². The molecule has 4 aromatic rings. The van der Waals surface area contributed by atoms with E-state index in [0.29, 0.717) is 21.8 Å². The average Bonchev–Trinajstić information content (AvgIpc) is 3.33. The number of carbonyl (C=O) groups is 2. The Morgan fingerprint density at radius 2 is 1.65 bits per heavy atom. The Labute approximate surface area is 199 Å². The van der Waals surface area contributed by atoms with Crippen molar-refractivity contribution in [3.63, 3.8) is 0 Å². The van der Waals surface area contributed by atoms with Crippen molar-refractivity contribution in [2.24, 2.45) is 0 Å². The number of amides is 1. The number of Topliss-reactive ketones (excluding diaryl/α,β-unsaturated/α-hetero) is 1. The van der Waals surface area contributed by atoms with Crippen molar-refractivity contribution < 1.29 is 19.1 Å². The normalized spacial score (nSPS) is 17.6. The van der Waals surface area contributed by atoms with E-state index < -0.39 is 23.5 Å². The van der Waals surface area contributed by atoms with Crippen LogP contribution in [0.25, 0.3) is 16.0 Å². The van der Waals surface area contributed by atoms with Gasteiger partial charge in [-0.15, -0.1) is 0 Å². The maximum absolute atomic E-state index is 13.7. The molecule has 0 bridgehead atoms. The number of aryl methyl sites for hydroxylation is 3. The molecule has 0 spiro atoms. The minimum absolute atomic E-state index is 0.0410. The zero-order valence-electron chi connectivity index (χ0n) is 18.8.